The van der Waals surface area contributed by atoms with Crippen LogP contribution >= 0.6 is 23.4 Å². The summed E-state index contributed by atoms with van der Waals surface area (Å²) in [5.74, 6) is -0.159. The summed E-state index contributed by atoms with van der Waals surface area (Å²) in [7, 11) is -4.46. The van der Waals surface area contributed by atoms with Crippen molar-refractivity contribution >= 4 is 56.4 Å². The molecule has 8 rings (SSSR count). The summed E-state index contributed by atoms with van der Waals surface area (Å²) < 4.78 is 34.9. The van der Waals surface area contributed by atoms with E-state index in [9.17, 15) is 23.3 Å². The van der Waals surface area contributed by atoms with Gasteiger partial charge in [0.15, 0.2) is 0 Å². The predicted octanol–water partition coefficient (Wildman–Crippen LogP) is 7.58. The molecule has 0 aliphatic carbocycles. The van der Waals surface area contributed by atoms with Gasteiger partial charge in [0.25, 0.3) is 21.6 Å². The van der Waals surface area contributed by atoms with Crippen molar-refractivity contribution in [2.75, 3.05) is 68.5 Å². The maximum atomic E-state index is 13.6. The van der Waals surface area contributed by atoms with E-state index < -0.39 is 20.9 Å². The number of nitro groups is 1. The molecule has 0 saturated carbocycles. The number of hydrogen-bond donors (Lipinski definition) is 2. The molecule has 0 bridgehead atoms. The van der Waals surface area contributed by atoms with E-state index in [2.05, 4.69) is 42.9 Å². The van der Waals surface area contributed by atoms with Gasteiger partial charge in [-0.2, -0.15) is 0 Å². The van der Waals surface area contributed by atoms with Crippen molar-refractivity contribution in [1.82, 2.24) is 14.5 Å². The van der Waals surface area contributed by atoms with Crippen LogP contribution in [0.5, 0.6) is 0 Å². The lowest BCUT2D eigenvalue weighted by Gasteiger charge is -2.39. The molecular weight excluding hydrogens is 820 g/mol. The molecule has 3 aliphatic rings. The number of fused-ring (bicyclic) bond motifs is 3. The fourth-order valence-corrected chi connectivity index (χ4v) is 10.4. The fourth-order valence-electron chi connectivity index (χ4n) is 8.27. The lowest BCUT2D eigenvalue weighted by Crippen LogP contribution is -2.51. The second kappa shape index (κ2) is 18.8. The number of amides is 1. The van der Waals surface area contributed by atoms with Crippen LogP contribution in [-0.2, 0) is 27.7 Å². The first-order valence-electron chi connectivity index (χ1n) is 20.2. The highest BCUT2D eigenvalue weighted by Gasteiger charge is 2.35. The molecule has 2 atom stereocenters. The Morgan fingerprint density at radius 3 is 2.45 bits per heavy atom. The molecule has 2 fully saturated rings. The number of piperazine rings is 1. The number of benzene rings is 5. The number of carbonyl (C=O) groups is 1. The summed E-state index contributed by atoms with van der Waals surface area (Å²) in [6.45, 7) is 7.09. The number of nitrogens with one attached hydrogen (secondary N) is 2. The van der Waals surface area contributed by atoms with Crippen molar-refractivity contribution in [3.05, 3.63) is 147 Å². The van der Waals surface area contributed by atoms with Gasteiger partial charge in [-0.05, 0) is 89.7 Å². The maximum Gasteiger partial charge on any atom is 0.293 e. The molecule has 312 valence electrons. The number of carbonyl (C=O) groups excluding carboxylic acids is 1. The number of morpholine rings is 1. The third-order valence-electron chi connectivity index (χ3n) is 11.4. The van der Waals surface area contributed by atoms with Crippen LogP contribution in [0, 0.1) is 10.1 Å². The van der Waals surface area contributed by atoms with Gasteiger partial charge in [0.2, 0.25) is 0 Å². The number of nitrogens with zero attached hydrogens (tertiary/aromatic N) is 4. The normalized spacial score (nSPS) is 17.4. The van der Waals surface area contributed by atoms with E-state index in [1.807, 2.05) is 66.7 Å². The minimum Gasteiger partial charge on any atom is -0.379 e. The molecule has 5 aromatic carbocycles. The first-order chi connectivity index (χ1) is 29.1. The lowest BCUT2D eigenvalue weighted by atomic mass is 9.99. The van der Waals surface area contributed by atoms with Crippen LogP contribution in [0.25, 0.3) is 11.1 Å². The molecule has 2 N–H and O–H groups in total. The van der Waals surface area contributed by atoms with Gasteiger partial charge < -0.3 is 15.0 Å². The highest BCUT2D eigenvalue weighted by atomic mass is 35.5. The van der Waals surface area contributed by atoms with E-state index in [1.54, 1.807) is 23.9 Å². The van der Waals surface area contributed by atoms with Crippen LogP contribution < -0.4 is 14.9 Å². The highest BCUT2D eigenvalue weighted by Crippen LogP contribution is 2.36. The zero-order valence-corrected chi connectivity index (χ0v) is 35.4. The predicted molar refractivity (Wildman–Crippen MR) is 238 cm³/mol. The van der Waals surface area contributed by atoms with Crippen molar-refractivity contribution in [2.24, 2.45) is 0 Å². The van der Waals surface area contributed by atoms with Crippen molar-refractivity contribution in [3.8, 4) is 11.1 Å². The number of ether oxygens (including phenoxy) is 1. The number of anilines is 2. The summed E-state index contributed by atoms with van der Waals surface area (Å²) in [5, 5.41) is 16.4. The lowest BCUT2D eigenvalue weighted by molar-refractivity contribution is -0.384. The average Bonchev–Trinajstić information content (AvgIpc) is 3.63. The first kappa shape index (κ1) is 41.8. The zero-order chi connectivity index (χ0) is 41.6. The second-order valence-electron chi connectivity index (χ2n) is 15.4. The molecule has 3 heterocycles. The second-order valence-corrected chi connectivity index (χ2v) is 18.6. The number of rotatable bonds is 15. The number of halogens is 1. The molecule has 1 amide bonds. The van der Waals surface area contributed by atoms with Gasteiger partial charge in [0.05, 0.1) is 23.0 Å². The largest absolute Gasteiger partial charge is 0.379 e. The Kier molecular flexibility index (Phi) is 13.1. The number of thioether (sulfide) groups is 1. The Morgan fingerprint density at radius 1 is 0.900 bits per heavy atom. The maximum absolute atomic E-state index is 13.6. The Morgan fingerprint density at radius 2 is 1.67 bits per heavy atom. The van der Waals surface area contributed by atoms with Gasteiger partial charge in [-0.3, -0.25) is 24.7 Å². The van der Waals surface area contributed by atoms with E-state index >= 15 is 0 Å². The van der Waals surface area contributed by atoms with Crippen molar-refractivity contribution in [3.63, 3.8) is 0 Å². The van der Waals surface area contributed by atoms with E-state index in [-0.39, 0.29) is 33.9 Å². The molecule has 15 heteroatoms. The molecule has 60 heavy (non-hydrogen) atoms. The van der Waals surface area contributed by atoms with E-state index in [0.717, 1.165) is 80.0 Å². The van der Waals surface area contributed by atoms with Crippen molar-refractivity contribution < 1.29 is 22.9 Å². The van der Waals surface area contributed by atoms with Crippen LogP contribution in [0.15, 0.2) is 125 Å². The Labute approximate surface area is 360 Å². The van der Waals surface area contributed by atoms with Gasteiger partial charge in [-0.15, -0.1) is 11.8 Å². The number of sulfonamides is 1. The number of nitro benzene ring substituents is 1. The van der Waals surface area contributed by atoms with Gasteiger partial charge in [0, 0.05) is 90.9 Å². The minimum atomic E-state index is -4.46. The van der Waals surface area contributed by atoms with Gasteiger partial charge >= 0.3 is 0 Å². The molecule has 0 radical (unpaired) electrons. The monoisotopic (exact) mass is 866 g/mol. The summed E-state index contributed by atoms with van der Waals surface area (Å²) in [6.07, 6.45) is 1.43. The third kappa shape index (κ3) is 9.97. The van der Waals surface area contributed by atoms with Crippen LogP contribution in [-0.4, -0.2) is 99.4 Å². The SMILES string of the molecule is O=C(NS(=O)(=O)c1ccc(N[C@H](CCN2CCOCC2)CSc2ccccc2)c([N+](=O)[O-])c1)c1ccc2c(c1)C[C@@H]1CN(Cc3ccccc3-c3ccc(Cl)cc3)CCN21. The molecular formula is C45H47ClN6O6S2. The average molecular weight is 867 g/mol. The fraction of sp³-hybridized carbons (Fsp3) is 0.311. The van der Waals surface area contributed by atoms with E-state index in [1.165, 1.54) is 23.3 Å². The van der Waals surface area contributed by atoms with Gasteiger partial charge in [-0.1, -0.05) is 66.2 Å². The zero-order valence-electron chi connectivity index (χ0n) is 33.0. The summed E-state index contributed by atoms with van der Waals surface area (Å²) in [4.78, 5) is 33.1. The summed E-state index contributed by atoms with van der Waals surface area (Å²) in [6, 6.07) is 35.3. The Bertz CT molecular complexity index is 2440. The van der Waals surface area contributed by atoms with Gasteiger partial charge in [0.1, 0.15) is 5.69 Å². The molecule has 0 aromatic heterocycles. The molecule has 2 saturated heterocycles. The van der Waals surface area contributed by atoms with Crippen LogP contribution in [0.4, 0.5) is 17.1 Å². The topological polar surface area (TPSA) is 137 Å². The van der Waals surface area contributed by atoms with Crippen LogP contribution in [0.3, 0.4) is 0 Å². The number of hydrogen-bond acceptors (Lipinski definition) is 11. The molecule has 5 aromatic rings. The summed E-state index contributed by atoms with van der Waals surface area (Å²) in [5.41, 5.74) is 5.60. The van der Waals surface area contributed by atoms with Gasteiger partial charge in [-0.25, -0.2) is 13.1 Å². The molecule has 0 unspecified atom stereocenters. The first-order valence-corrected chi connectivity index (χ1v) is 23.0. The quantitative estimate of drug-likeness (QED) is 0.0613. The highest BCUT2D eigenvalue weighted by molar-refractivity contribution is 7.99. The molecule has 3 aliphatic heterocycles. The minimum absolute atomic E-state index is 0.154. The standard InChI is InChI=1S/C45H47ClN6O6S2/c46-36-13-10-32(11-14-36)41-9-5-4-6-34(41)29-50-20-21-51-38(30-50)27-35-26-33(12-17-43(35)51)45(53)48-60(56,57)40-15-16-42(44(28-40)52(54)55)47-37(18-19-49-22-24-58-25-23-49)31-59-39-7-2-1-3-8-39/h1-17,26,28,37-38,47H,18-25,27,29-31H2,(H,48,53)/t37-,38-/m1/s1. The molecule has 12 nitrogen and oxygen atoms in total. The smallest absolute Gasteiger partial charge is 0.293 e. The van der Waals surface area contributed by atoms with E-state index in [4.69, 9.17) is 16.3 Å². The Balaban J connectivity index is 0.919. The van der Waals surface area contributed by atoms with E-state index in [0.29, 0.717) is 30.4 Å². The Hall–Kier alpha value is -4.96. The van der Waals surface area contributed by atoms with Crippen molar-refractivity contribution in [1.29, 1.82) is 0 Å². The molecule has 0 spiro atoms. The summed E-state index contributed by atoms with van der Waals surface area (Å²) >= 11 is 7.80. The van der Waals surface area contributed by atoms with Crippen LogP contribution in [0.1, 0.15) is 27.9 Å². The third-order valence-corrected chi connectivity index (χ3v) is 14.1. The van der Waals surface area contributed by atoms with Crippen molar-refractivity contribution in [2.45, 2.75) is 41.3 Å². The van der Waals surface area contributed by atoms with Crippen LogP contribution in [0.2, 0.25) is 5.02 Å².